The van der Waals surface area contributed by atoms with E-state index in [9.17, 15) is 0 Å². The van der Waals surface area contributed by atoms with Gasteiger partial charge in [0, 0.05) is 4.91 Å². The van der Waals surface area contributed by atoms with E-state index in [0.29, 0.717) is 12.0 Å². The van der Waals surface area contributed by atoms with Crippen molar-refractivity contribution in [1.29, 1.82) is 0 Å². The van der Waals surface area contributed by atoms with Crippen LogP contribution in [0.2, 0.25) is 0 Å². The summed E-state index contributed by atoms with van der Waals surface area (Å²) in [6.45, 7) is 5.70. The topological polar surface area (TPSA) is 58.0 Å². The van der Waals surface area contributed by atoms with E-state index in [4.69, 9.17) is 10.3 Å². The number of rotatable bonds is 4. The van der Waals surface area contributed by atoms with E-state index in [1.807, 2.05) is 0 Å². The molecule has 0 spiro atoms. The van der Waals surface area contributed by atoms with Crippen molar-refractivity contribution in [3.05, 3.63) is 10.4 Å². The van der Waals surface area contributed by atoms with Gasteiger partial charge in [0.05, 0.1) is 19.3 Å². The van der Waals surface area contributed by atoms with Crippen LogP contribution in [0.25, 0.3) is 10.4 Å². The molecule has 0 aromatic rings. The molecule has 0 radical (unpaired) electrons. The number of hydrogen-bond donors (Lipinski definition) is 0. The maximum absolute atomic E-state index is 8.17. The molecule has 0 bridgehead atoms. The molecular weight excluding hydrogens is 166 g/mol. The number of nitrogens with zero attached hydrogens (tertiary/aromatic N) is 3. The maximum atomic E-state index is 8.17. The molecule has 1 aliphatic heterocycles. The lowest BCUT2D eigenvalue weighted by molar-refractivity contribution is 0.0973. The van der Waals surface area contributed by atoms with Gasteiger partial charge in [0.1, 0.15) is 0 Å². The highest BCUT2D eigenvalue weighted by Gasteiger charge is 2.36. The minimum atomic E-state index is 0.149. The molecule has 74 valence electrons. The van der Waals surface area contributed by atoms with Crippen LogP contribution in [0.15, 0.2) is 5.11 Å². The van der Waals surface area contributed by atoms with Crippen LogP contribution in [-0.4, -0.2) is 19.3 Å². The predicted molar refractivity (Wildman–Crippen MR) is 51.4 cm³/mol. The van der Waals surface area contributed by atoms with Crippen LogP contribution < -0.4 is 0 Å². The highest BCUT2D eigenvalue weighted by molar-refractivity contribution is 4.86. The summed E-state index contributed by atoms with van der Waals surface area (Å²) in [5.41, 5.74) is 8.52. The standard InChI is InChI=1S/C9H17N3O/c1-3-9(4-2)5-8(13-7-9)6-11-12-10/h8H,3-7H2,1-2H3. The number of azide groups is 1. The van der Waals surface area contributed by atoms with Crippen molar-refractivity contribution in [3.63, 3.8) is 0 Å². The minimum absolute atomic E-state index is 0.149. The van der Waals surface area contributed by atoms with Crippen LogP contribution in [0.4, 0.5) is 0 Å². The molecule has 1 atom stereocenters. The number of ether oxygens (including phenoxy) is 1. The van der Waals surface area contributed by atoms with Gasteiger partial charge in [0.15, 0.2) is 0 Å². The molecule has 0 aromatic carbocycles. The van der Waals surface area contributed by atoms with Gasteiger partial charge in [-0.15, -0.1) is 0 Å². The number of hydrogen-bond acceptors (Lipinski definition) is 2. The smallest absolute Gasteiger partial charge is 0.0637 e. The van der Waals surface area contributed by atoms with Crippen LogP contribution >= 0.6 is 0 Å². The first-order valence-corrected chi connectivity index (χ1v) is 4.89. The van der Waals surface area contributed by atoms with Gasteiger partial charge in [-0.1, -0.05) is 19.0 Å². The third-order valence-electron chi connectivity index (χ3n) is 3.13. The van der Waals surface area contributed by atoms with Gasteiger partial charge in [-0.3, -0.25) is 0 Å². The van der Waals surface area contributed by atoms with Crippen molar-refractivity contribution in [2.75, 3.05) is 13.2 Å². The molecule has 1 heterocycles. The molecule has 0 aromatic heterocycles. The molecule has 0 amide bonds. The van der Waals surface area contributed by atoms with E-state index in [0.717, 1.165) is 25.9 Å². The fourth-order valence-corrected chi connectivity index (χ4v) is 1.88. The van der Waals surface area contributed by atoms with Crippen molar-refractivity contribution < 1.29 is 4.74 Å². The van der Waals surface area contributed by atoms with Crippen molar-refractivity contribution >= 4 is 0 Å². The molecule has 0 aliphatic carbocycles. The Morgan fingerprint density at radius 2 is 2.23 bits per heavy atom. The third-order valence-corrected chi connectivity index (χ3v) is 3.13. The zero-order chi connectivity index (χ0) is 9.73. The molecule has 4 heteroatoms. The normalized spacial score (nSPS) is 25.5. The summed E-state index contributed by atoms with van der Waals surface area (Å²) in [4.78, 5) is 2.74. The highest BCUT2D eigenvalue weighted by Crippen LogP contribution is 2.38. The first-order chi connectivity index (χ1) is 6.26. The van der Waals surface area contributed by atoms with Gasteiger partial charge in [0.25, 0.3) is 0 Å². The monoisotopic (exact) mass is 183 g/mol. The summed E-state index contributed by atoms with van der Waals surface area (Å²) in [7, 11) is 0. The first kappa shape index (κ1) is 10.4. The first-order valence-electron chi connectivity index (χ1n) is 4.89. The van der Waals surface area contributed by atoms with Gasteiger partial charge in [-0.05, 0) is 30.2 Å². The largest absolute Gasteiger partial charge is 0.377 e. The Morgan fingerprint density at radius 1 is 1.54 bits per heavy atom. The molecule has 1 unspecified atom stereocenters. The lowest BCUT2D eigenvalue weighted by Crippen LogP contribution is -2.19. The summed E-state index contributed by atoms with van der Waals surface area (Å²) in [5, 5.41) is 3.54. The average molecular weight is 183 g/mol. The average Bonchev–Trinajstić information content (AvgIpc) is 2.59. The van der Waals surface area contributed by atoms with Crippen LogP contribution in [0.3, 0.4) is 0 Å². The molecule has 4 nitrogen and oxygen atoms in total. The lowest BCUT2D eigenvalue weighted by atomic mass is 9.80. The maximum Gasteiger partial charge on any atom is 0.0637 e. The van der Waals surface area contributed by atoms with Crippen molar-refractivity contribution in [1.82, 2.24) is 0 Å². The highest BCUT2D eigenvalue weighted by atomic mass is 16.5. The second-order valence-electron chi connectivity index (χ2n) is 3.76. The van der Waals surface area contributed by atoms with Crippen molar-refractivity contribution in [2.45, 2.75) is 39.2 Å². The second-order valence-corrected chi connectivity index (χ2v) is 3.76. The van der Waals surface area contributed by atoms with Crippen LogP contribution in [0.1, 0.15) is 33.1 Å². The summed E-state index contributed by atoms with van der Waals surface area (Å²) < 4.78 is 5.59. The Balaban J connectivity index is 2.46. The van der Waals surface area contributed by atoms with E-state index in [-0.39, 0.29) is 6.10 Å². The fourth-order valence-electron chi connectivity index (χ4n) is 1.88. The summed E-state index contributed by atoms with van der Waals surface area (Å²) in [5.74, 6) is 0. The Bertz CT molecular complexity index is 207. The van der Waals surface area contributed by atoms with Crippen LogP contribution in [-0.2, 0) is 4.74 Å². The summed E-state index contributed by atoms with van der Waals surface area (Å²) >= 11 is 0. The van der Waals surface area contributed by atoms with Gasteiger partial charge in [-0.2, -0.15) is 0 Å². The van der Waals surface area contributed by atoms with Crippen molar-refractivity contribution in [3.8, 4) is 0 Å². The van der Waals surface area contributed by atoms with E-state index >= 15 is 0 Å². The SMILES string of the molecule is CCC1(CC)COC(CN=[N+]=[N-])C1. The zero-order valence-corrected chi connectivity index (χ0v) is 8.36. The molecule has 0 N–H and O–H groups in total. The van der Waals surface area contributed by atoms with Crippen LogP contribution in [0.5, 0.6) is 0 Å². The van der Waals surface area contributed by atoms with Crippen molar-refractivity contribution in [2.24, 2.45) is 10.5 Å². The summed E-state index contributed by atoms with van der Waals surface area (Å²) in [6.07, 6.45) is 3.49. The molecule has 13 heavy (non-hydrogen) atoms. The molecule has 1 saturated heterocycles. The van der Waals surface area contributed by atoms with Gasteiger partial charge >= 0.3 is 0 Å². The van der Waals surface area contributed by atoms with E-state index in [1.54, 1.807) is 0 Å². The Hall–Kier alpha value is -0.730. The third kappa shape index (κ3) is 2.36. The Morgan fingerprint density at radius 3 is 2.69 bits per heavy atom. The summed E-state index contributed by atoms with van der Waals surface area (Å²) in [6, 6.07) is 0. The van der Waals surface area contributed by atoms with E-state index < -0.39 is 0 Å². The van der Waals surface area contributed by atoms with Gasteiger partial charge in [-0.25, -0.2) is 0 Å². The second kappa shape index (κ2) is 4.49. The van der Waals surface area contributed by atoms with E-state index in [2.05, 4.69) is 23.9 Å². The minimum Gasteiger partial charge on any atom is -0.377 e. The van der Waals surface area contributed by atoms with Crippen LogP contribution in [0, 0.1) is 5.41 Å². The van der Waals surface area contributed by atoms with E-state index in [1.165, 1.54) is 0 Å². The predicted octanol–water partition coefficient (Wildman–Crippen LogP) is 2.89. The fraction of sp³-hybridized carbons (Fsp3) is 1.00. The zero-order valence-electron chi connectivity index (χ0n) is 8.36. The quantitative estimate of drug-likeness (QED) is 0.375. The Kier molecular flexibility index (Phi) is 3.58. The van der Waals surface area contributed by atoms with Gasteiger partial charge < -0.3 is 4.74 Å². The lowest BCUT2D eigenvalue weighted by Gasteiger charge is -2.23. The molecule has 1 fully saturated rings. The molecule has 1 aliphatic rings. The Labute approximate surface area is 78.9 Å². The van der Waals surface area contributed by atoms with Gasteiger partial charge in [0.2, 0.25) is 0 Å². The molecule has 1 rings (SSSR count). The molecular formula is C9H17N3O. The molecule has 0 saturated carbocycles.